The van der Waals surface area contributed by atoms with E-state index in [1.54, 1.807) is 0 Å². The van der Waals surface area contributed by atoms with E-state index in [2.05, 4.69) is 37.1 Å². The third kappa shape index (κ3) is 3.01. The largest absolute Gasteiger partial charge is 0.374 e. The smallest absolute Gasteiger partial charge is 0.0366 e. The molecule has 0 atom stereocenters. The van der Waals surface area contributed by atoms with Crippen LogP contribution in [0.2, 0.25) is 0 Å². The van der Waals surface area contributed by atoms with Gasteiger partial charge in [-0.2, -0.15) is 0 Å². The van der Waals surface area contributed by atoms with E-state index in [1.807, 2.05) is 0 Å². The van der Waals surface area contributed by atoms with Gasteiger partial charge in [0.25, 0.3) is 0 Å². The number of rotatable bonds is 5. The Morgan fingerprint density at radius 2 is 2.12 bits per heavy atom. The molecule has 1 saturated carbocycles. The second-order valence-electron chi connectivity index (χ2n) is 5.33. The molecule has 1 fully saturated rings. The molecule has 94 valence electrons. The molecule has 17 heavy (non-hydrogen) atoms. The van der Waals surface area contributed by atoms with Crippen molar-refractivity contribution in [2.24, 2.45) is 11.7 Å². The van der Waals surface area contributed by atoms with Gasteiger partial charge < -0.3 is 10.6 Å². The summed E-state index contributed by atoms with van der Waals surface area (Å²) in [5.74, 6) is 0.920. The summed E-state index contributed by atoms with van der Waals surface area (Å²) >= 11 is 0. The molecule has 1 aromatic rings. The van der Waals surface area contributed by atoms with Crippen molar-refractivity contribution in [3.8, 4) is 0 Å². The van der Waals surface area contributed by atoms with Crippen LogP contribution in [-0.4, -0.2) is 20.1 Å². The third-order valence-corrected chi connectivity index (χ3v) is 3.94. The second kappa shape index (κ2) is 5.54. The standard InChI is InChI=1S/C15H24N2/c1-12-10-15(7-6-14(12)8-9-16)17(2)11-13-4-3-5-13/h6-7,10,13H,3-5,8-9,11,16H2,1-2H3. The monoisotopic (exact) mass is 232 g/mol. The Balaban J connectivity index is 2.02. The molecule has 0 unspecified atom stereocenters. The lowest BCUT2D eigenvalue weighted by Gasteiger charge is -2.31. The highest BCUT2D eigenvalue weighted by Gasteiger charge is 2.19. The molecule has 0 heterocycles. The maximum Gasteiger partial charge on any atom is 0.0366 e. The van der Waals surface area contributed by atoms with Crippen LogP contribution in [0.15, 0.2) is 18.2 Å². The summed E-state index contributed by atoms with van der Waals surface area (Å²) in [4.78, 5) is 2.39. The van der Waals surface area contributed by atoms with Gasteiger partial charge in [0.05, 0.1) is 0 Å². The van der Waals surface area contributed by atoms with Crippen LogP contribution in [0.1, 0.15) is 30.4 Å². The maximum absolute atomic E-state index is 5.61. The molecule has 0 saturated heterocycles. The summed E-state index contributed by atoms with van der Waals surface area (Å²) in [6.07, 6.45) is 5.23. The van der Waals surface area contributed by atoms with E-state index >= 15 is 0 Å². The van der Waals surface area contributed by atoms with Crippen LogP contribution in [0, 0.1) is 12.8 Å². The molecule has 1 aliphatic rings. The van der Waals surface area contributed by atoms with E-state index in [9.17, 15) is 0 Å². The molecular weight excluding hydrogens is 208 g/mol. The van der Waals surface area contributed by atoms with Crippen LogP contribution < -0.4 is 10.6 Å². The van der Waals surface area contributed by atoms with Crippen molar-refractivity contribution in [3.05, 3.63) is 29.3 Å². The lowest BCUT2D eigenvalue weighted by atomic mass is 9.85. The summed E-state index contributed by atoms with van der Waals surface area (Å²) in [5.41, 5.74) is 9.70. The minimum absolute atomic E-state index is 0.734. The van der Waals surface area contributed by atoms with Crippen LogP contribution in [-0.2, 0) is 6.42 Å². The Labute approximate surface area is 105 Å². The lowest BCUT2D eigenvalue weighted by molar-refractivity contribution is 0.321. The fourth-order valence-corrected chi connectivity index (χ4v) is 2.52. The van der Waals surface area contributed by atoms with Gasteiger partial charge in [0.15, 0.2) is 0 Å². The van der Waals surface area contributed by atoms with Crippen molar-refractivity contribution in [2.75, 3.05) is 25.0 Å². The quantitative estimate of drug-likeness (QED) is 0.846. The Bertz CT molecular complexity index is 369. The van der Waals surface area contributed by atoms with Gasteiger partial charge in [-0.15, -0.1) is 0 Å². The highest BCUT2D eigenvalue weighted by atomic mass is 15.1. The van der Waals surface area contributed by atoms with Crippen molar-refractivity contribution >= 4 is 5.69 Å². The van der Waals surface area contributed by atoms with Gasteiger partial charge in [-0.05, 0) is 61.9 Å². The van der Waals surface area contributed by atoms with Gasteiger partial charge in [-0.1, -0.05) is 12.5 Å². The number of hydrogen-bond donors (Lipinski definition) is 1. The maximum atomic E-state index is 5.61. The summed E-state index contributed by atoms with van der Waals surface area (Å²) in [5, 5.41) is 0. The average Bonchev–Trinajstić information content (AvgIpc) is 2.26. The molecule has 0 aliphatic heterocycles. The van der Waals surface area contributed by atoms with Crippen LogP contribution in [0.25, 0.3) is 0 Å². The molecule has 0 spiro atoms. The van der Waals surface area contributed by atoms with E-state index in [1.165, 1.54) is 42.6 Å². The number of aryl methyl sites for hydroxylation is 1. The molecule has 2 nitrogen and oxygen atoms in total. The Morgan fingerprint density at radius 3 is 2.65 bits per heavy atom. The molecule has 1 aromatic carbocycles. The van der Waals surface area contributed by atoms with E-state index in [-0.39, 0.29) is 0 Å². The van der Waals surface area contributed by atoms with E-state index < -0.39 is 0 Å². The van der Waals surface area contributed by atoms with E-state index in [0.717, 1.165) is 18.9 Å². The predicted octanol–water partition coefficient (Wildman–Crippen LogP) is 2.73. The number of hydrogen-bond acceptors (Lipinski definition) is 2. The zero-order valence-corrected chi connectivity index (χ0v) is 11.1. The van der Waals surface area contributed by atoms with Crippen LogP contribution in [0.3, 0.4) is 0 Å². The molecule has 2 rings (SSSR count). The van der Waals surface area contributed by atoms with Gasteiger partial charge >= 0.3 is 0 Å². The SMILES string of the molecule is Cc1cc(N(C)CC2CCC2)ccc1CCN. The fraction of sp³-hybridized carbons (Fsp3) is 0.600. The van der Waals surface area contributed by atoms with Crippen molar-refractivity contribution in [2.45, 2.75) is 32.6 Å². The zero-order valence-electron chi connectivity index (χ0n) is 11.1. The van der Waals surface area contributed by atoms with Gasteiger partial charge in [0, 0.05) is 19.3 Å². The molecule has 0 radical (unpaired) electrons. The van der Waals surface area contributed by atoms with Crippen molar-refractivity contribution in [1.82, 2.24) is 0 Å². The second-order valence-corrected chi connectivity index (χ2v) is 5.33. The first kappa shape index (κ1) is 12.4. The van der Waals surface area contributed by atoms with Crippen LogP contribution in [0.4, 0.5) is 5.69 Å². The fourth-order valence-electron chi connectivity index (χ4n) is 2.52. The summed E-state index contributed by atoms with van der Waals surface area (Å²) in [7, 11) is 2.20. The van der Waals surface area contributed by atoms with Crippen molar-refractivity contribution < 1.29 is 0 Å². The first-order valence-corrected chi connectivity index (χ1v) is 6.71. The summed E-state index contributed by atoms with van der Waals surface area (Å²) < 4.78 is 0. The molecule has 1 aliphatic carbocycles. The average molecular weight is 232 g/mol. The Hall–Kier alpha value is -1.02. The number of benzene rings is 1. The van der Waals surface area contributed by atoms with E-state index in [4.69, 9.17) is 5.73 Å². The van der Waals surface area contributed by atoms with Gasteiger partial charge in [-0.25, -0.2) is 0 Å². The molecule has 0 amide bonds. The van der Waals surface area contributed by atoms with Crippen LogP contribution in [0.5, 0.6) is 0 Å². The number of anilines is 1. The normalized spacial score (nSPS) is 15.7. The minimum atomic E-state index is 0.734. The molecular formula is C15H24N2. The topological polar surface area (TPSA) is 29.3 Å². The first-order chi connectivity index (χ1) is 8.20. The lowest BCUT2D eigenvalue weighted by Crippen LogP contribution is -2.29. The molecule has 2 N–H and O–H groups in total. The van der Waals surface area contributed by atoms with Crippen LogP contribution >= 0.6 is 0 Å². The van der Waals surface area contributed by atoms with Gasteiger partial charge in [-0.3, -0.25) is 0 Å². The van der Waals surface area contributed by atoms with Gasteiger partial charge in [0.1, 0.15) is 0 Å². The molecule has 0 aromatic heterocycles. The Morgan fingerprint density at radius 1 is 1.35 bits per heavy atom. The van der Waals surface area contributed by atoms with E-state index in [0.29, 0.717) is 0 Å². The summed E-state index contributed by atoms with van der Waals surface area (Å²) in [6.45, 7) is 4.12. The highest BCUT2D eigenvalue weighted by molar-refractivity contribution is 5.50. The van der Waals surface area contributed by atoms with Crippen molar-refractivity contribution in [3.63, 3.8) is 0 Å². The molecule has 0 bridgehead atoms. The predicted molar refractivity (Wildman–Crippen MR) is 74.5 cm³/mol. The first-order valence-electron chi connectivity index (χ1n) is 6.71. The number of nitrogens with two attached hydrogens (primary N) is 1. The molecule has 2 heteroatoms. The minimum Gasteiger partial charge on any atom is -0.374 e. The van der Waals surface area contributed by atoms with Crippen molar-refractivity contribution in [1.29, 1.82) is 0 Å². The number of nitrogens with zero attached hydrogens (tertiary/aromatic N) is 1. The zero-order chi connectivity index (χ0) is 12.3. The Kier molecular flexibility index (Phi) is 4.06. The third-order valence-electron chi connectivity index (χ3n) is 3.94. The summed E-state index contributed by atoms with van der Waals surface area (Å²) in [6, 6.07) is 6.76. The van der Waals surface area contributed by atoms with Gasteiger partial charge in [0.2, 0.25) is 0 Å². The highest BCUT2D eigenvalue weighted by Crippen LogP contribution is 2.28.